The summed E-state index contributed by atoms with van der Waals surface area (Å²) in [5, 5.41) is 0. The lowest BCUT2D eigenvalue weighted by atomic mass is 9.90. The van der Waals surface area contributed by atoms with Gasteiger partial charge in [-0.05, 0) is 31.6 Å². The largest absolute Gasteiger partial charge is 0.379 e. The van der Waals surface area contributed by atoms with Crippen LogP contribution in [0.25, 0.3) is 0 Å². The predicted molar refractivity (Wildman–Crippen MR) is 80.7 cm³/mol. The highest BCUT2D eigenvalue weighted by Gasteiger charge is 2.35. The smallest absolute Gasteiger partial charge is 0.182 e. The van der Waals surface area contributed by atoms with E-state index in [0.29, 0.717) is 13.2 Å². The van der Waals surface area contributed by atoms with Crippen molar-refractivity contribution in [2.75, 3.05) is 26.3 Å². The molecule has 1 atom stereocenters. The van der Waals surface area contributed by atoms with Gasteiger partial charge in [0, 0.05) is 18.7 Å². The van der Waals surface area contributed by atoms with Crippen LogP contribution in [-0.2, 0) is 10.9 Å². The first-order valence-electron chi connectivity index (χ1n) is 6.72. The van der Waals surface area contributed by atoms with E-state index < -0.39 is 5.54 Å². The van der Waals surface area contributed by atoms with Crippen LogP contribution in [0.4, 0.5) is 0 Å². The number of ketones is 1. The van der Waals surface area contributed by atoms with E-state index in [1.807, 2.05) is 38.1 Å². The summed E-state index contributed by atoms with van der Waals surface area (Å²) >= 11 is 0. The Labute approximate surface area is 117 Å². The first kappa shape index (κ1) is 14.6. The third-order valence-electron chi connectivity index (χ3n) is 3.78. The second kappa shape index (κ2) is 6.13. The monoisotopic (exact) mass is 279 g/mol. The molecule has 0 spiro atoms. The molecule has 104 valence electrons. The number of morpholine rings is 1. The summed E-state index contributed by atoms with van der Waals surface area (Å²) in [6.07, 6.45) is 0.874. The summed E-state index contributed by atoms with van der Waals surface area (Å²) in [6, 6.07) is 7.92. The van der Waals surface area contributed by atoms with Crippen molar-refractivity contribution in [3.05, 3.63) is 35.4 Å². The van der Waals surface area contributed by atoms with Gasteiger partial charge >= 0.3 is 0 Å². The Hall–Kier alpha value is -0.760. The van der Waals surface area contributed by atoms with Gasteiger partial charge in [0.1, 0.15) is 0 Å². The highest BCUT2D eigenvalue weighted by Crippen LogP contribution is 2.22. The number of ether oxygens (including phenoxy) is 1. The van der Waals surface area contributed by atoms with E-state index in [2.05, 4.69) is 14.1 Å². The van der Waals surface area contributed by atoms with Crippen LogP contribution < -0.4 is 0 Å². The standard InChI is InChI=1S/C15H22NO2P/c1-15(2,16-6-8-18-9-7-16)14(17)13-5-3-4-12(10-13)11-19/h3-5,10H,6-9,11,19H2,1-2H3. The molecule has 2 rings (SSSR count). The SMILES string of the molecule is CC(C)(C(=O)c1cccc(CP)c1)N1CCOCC1. The van der Waals surface area contributed by atoms with Gasteiger partial charge in [-0.15, -0.1) is 9.24 Å². The van der Waals surface area contributed by atoms with Crippen LogP contribution in [0.15, 0.2) is 24.3 Å². The number of hydrogen-bond acceptors (Lipinski definition) is 3. The molecule has 1 unspecified atom stereocenters. The second-order valence-corrected chi connectivity index (χ2v) is 5.80. The summed E-state index contributed by atoms with van der Waals surface area (Å²) in [4.78, 5) is 15.0. The Kier molecular flexibility index (Phi) is 4.72. The Balaban J connectivity index is 2.20. The minimum absolute atomic E-state index is 0.190. The van der Waals surface area contributed by atoms with E-state index in [-0.39, 0.29) is 5.78 Å². The van der Waals surface area contributed by atoms with Crippen molar-refractivity contribution < 1.29 is 9.53 Å². The molecule has 1 aromatic rings. The normalized spacial score (nSPS) is 17.4. The second-order valence-electron chi connectivity index (χ2n) is 5.39. The fraction of sp³-hybridized carbons (Fsp3) is 0.533. The van der Waals surface area contributed by atoms with Crippen molar-refractivity contribution in [2.24, 2.45) is 0 Å². The van der Waals surface area contributed by atoms with Gasteiger partial charge in [-0.2, -0.15) is 0 Å². The first-order chi connectivity index (χ1) is 9.05. The number of hydrogen-bond donors (Lipinski definition) is 0. The average Bonchev–Trinajstić information content (AvgIpc) is 2.47. The summed E-state index contributed by atoms with van der Waals surface area (Å²) in [5.41, 5.74) is 1.51. The maximum Gasteiger partial charge on any atom is 0.182 e. The van der Waals surface area contributed by atoms with Crippen molar-refractivity contribution >= 4 is 15.0 Å². The highest BCUT2D eigenvalue weighted by molar-refractivity contribution is 7.15. The molecular formula is C15H22NO2P. The molecule has 1 aliphatic rings. The Morgan fingerprint density at radius 3 is 2.68 bits per heavy atom. The third-order valence-corrected chi connectivity index (χ3v) is 4.25. The van der Waals surface area contributed by atoms with Crippen LogP contribution in [0.2, 0.25) is 0 Å². The molecule has 0 amide bonds. The van der Waals surface area contributed by atoms with Crippen molar-refractivity contribution in [3.63, 3.8) is 0 Å². The number of nitrogens with zero attached hydrogens (tertiary/aromatic N) is 1. The molecule has 0 aliphatic carbocycles. The number of carbonyl (C=O) groups is 1. The molecule has 0 saturated carbocycles. The Bertz CT molecular complexity index is 453. The van der Waals surface area contributed by atoms with E-state index in [1.165, 1.54) is 5.56 Å². The summed E-state index contributed by atoms with van der Waals surface area (Å²) < 4.78 is 5.36. The molecule has 4 heteroatoms. The van der Waals surface area contributed by atoms with Gasteiger partial charge in [-0.25, -0.2) is 0 Å². The van der Waals surface area contributed by atoms with Crippen LogP contribution in [0.1, 0.15) is 29.8 Å². The zero-order valence-electron chi connectivity index (χ0n) is 11.7. The van der Waals surface area contributed by atoms with Gasteiger partial charge in [-0.3, -0.25) is 9.69 Å². The van der Waals surface area contributed by atoms with Crippen molar-refractivity contribution in [1.82, 2.24) is 4.90 Å². The molecule has 0 N–H and O–H groups in total. The van der Waals surface area contributed by atoms with Crippen LogP contribution >= 0.6 is 9.24 Å². The molecule has 1 aliphatic heterocycles. The molecule has 1 saturated heterocycles. The van der Waals surface area contributed by atoms with E-state index in [9.17, 15) is 4.79 Å². The molecule has 0 radical (unpaired) electrons. The lowest BCUT2D eigenvalue weighted by Gasteiger charge is -2.39. The number of carbonyl (C=O) groups excluding carboxylic acids is 1. The van der Waals surface area contributed by atoms with Gasteiger partial charge in [-0.1, -0.05) is 18.2 Å². The quantitative estimate of drug-likeness (QED) is 0.626. The maximum absolute atomic E-state index is 12.7. The molecule has 19 heavy (non-hydrogen) atoms. The first-order valence-corrected chi connectivity index (χ1v) is 7.54. The van der Waals surface area contributed by atoms with Gasteiger partial charge in [0.15, 0.2) is 5.78 Å². The summed E-state index contributed by atoms with van der Waals surface area (Å²) in [6.45, 7) is 7.08. The zero-order chi connectivity index (χ0) is 13.9. The number of rotatable bonds is 4. The van der Waals surface area contributed by atoms with Crippen LogP contribution in [0.5, 0.6) is 0 Å². The fourth-order valence-electron chi connectivity index (χ4n) is 2.46. The van der Waals surface area contributed by atoms with E-state index >= 15 is 0 Å². The topological polar surface area (TPSA) is 29.5 Å². The lowest BCUT2D eigenvalue weighted by molar-refractivity contribution is -0.00430. The summed E-state index contributed by atoms with van der Waals surface area (Å²) in [5.74, 6) is 0.190. The van der Waals surface area contributed by atoms with E-state index in [4.69, 9.17) is 4.74 Å². The number of benzene rings is 1. The predicted octanol–water partition coefficient (Wildman–Crippen LogP) is 2.36. The average molecular weight is 279 g/mol. The molecule has 1 fully saturated rings. The Morgan fingerprint density at radius 2 is 2.05 bits per heavy atom. The molecule has 3 nitrogen and oxygen atoms in total. The fourth-order valence-corrected chi connectivity index (χ4v) is 2.71. The van der Waals surface area contributed by atoms with E-state index in [0.717, 1.165) is 24.8 Å². The minimum atomic E-state index is -0.469. The number of Topliss-reactive ketones (excluding diaryl/α,β-unsaturated/α-hetero) is 1. The van der Waals surface area contributed by atoms with Crippen LogP contribution in [0, 0.1) is 0 Å². The molecule has 0 bridgehead atoms. The van der Waals surface area contributed by atoms with Gasteiger partial charge in [0.25, 0.3) is 0 Å². The third kappa shape index (κ3) is 3.22. The van der Waals surface area contributed by atoms with Crippen LogP contribution in [0.3, 0.4) is 0 Å². The maximum atomic E-state index is 12.7. The van der Waals surface area contributed by atoms with Gasteiger partial charge in [0.2, 0.25) is 0 Å². The van der Waals surface area contributed by atoms with Gasteiger partial charge in [0.05, 0.1) is 18.8 Å². The van der Waals surface area contributed by atoms with Crippen molar-refractivity contribution in [1.29, 1.82) is 0 Å². The molecule has 1 heterocycles. The van der Waals surface area contributed by atoms with Gasteiger partial charge < -0.3 is 4.74 Å². The molecular weight excluding hydrogens is 257 g/mol. The van der Waals surface area contributed by atoms with Crippen LogP contribution in [-0.4, -0.2) is 42.5 Å². The molecule has 1 aromatic carbocycles. The van der Waals surface area contributed by atoms with Crippen molar-refractivity contribution in [3.8, 4) is 0 Å². The Morgan fingerprint density at radius 1 is 1.37 bits per heavy atom. The molecule has 0 aromatic heterocycles. The summed E-state index contributed by atoms with van der Waals surface area (Å²) in [7, 11) is 2.70. The van der Waals surface area contributed by atoms with Crippen molar-refractivity contribution in [2.45, 2.75) is 25.5 Å². The zero-order valence-corrected chi connectivity index (χ0v) is 12.8. The van der Waals surface area contributed by atoms with E-state index in [1.54, 1.807) is 0 Å². The lowest BCUT2D eigenvalue weighted by Crippen LogP contribution is -2.54. The highest BCUT2D eigenvalue weighted by atomic mass is 31.0. The minimum Gasteiger partial charge on any atom is -0.379 e.